The van der Waals surface area contributed by atoms with E-state index in [1.54, 1.807) is 50.2 Å². The summed E-state index contributed by atoms with van der Waals surface area (Å²) >= 11 is 0. The Kier molecular flexibility index (Phi) is 3.93. The number of carbonyl (C=O) groups is 1. The number of nitrogens with two attached hydrogens (primary N) is 1. The maximum absolute atomic E-state index is 12.1. The fourth-order valence-electron chi connectivity index (χ4n) is 2.03. The summed E-state index contributed by atoms with van der Waals surface area (Å²) in [4.78, 5) is 12.1. The van der Waals surface area contributed by atoms with E-state index in [1.165, 1.54) is 0 Å². The van der Waals surface area contributed by atoms with Crippen LogP contribution in [0.2, 0.25) is 0 Å². The summed E-state index contributed by atoms with van der Waals surface area (Å²) in [7, 11) is 3.37. The molecule has 0 aliphatic carbocycles. The molecule has 0 unspecified atom stereocenters. The molecule has 1 amide bonds. The zero-order chi connectivity index (χ0) is 14.7. The molecule has 0 saturated heterocycles. The van der Waals surface area contributed by atoms with E-state index in [-0.39, 0.29) is 5.91 Å². The lowest BCUT2D eigenvalue weighted by atomic mass is 10.1. The van der Waals surface area contributed by atoms with E-state index in [4.69, 9.17) is 10.5 Å². The van der Waals surface area contributed by atoms with Gasteiger partial charge in [-0.25, -0.2) is 0 Å². The van der Waals surface area contributed by atoms with Crippen LogP contribution in [-0.4, -0.2) is 22.8 Å². The Morgan fingerprint density at radius 3 is 2.85 bits per heavy atom. The van der Waals surface area contributed by atoms with Crippen LogP contribution in [0, 0.1) is 6.92 Å². The van der Waals surface area contributed by atoms with Crippen LogP contribution in [0.4, 0.5) is 5.69 Å². The Hall–Kier alpha value is -2.50. The molecule has 0 saturated carbocycles. The highest BCUT2D eigenvalue weighted by atomic mass is 16.5. The minimum absolute atomic E-state index is 0.167. The fraction of sp³-hybridized carbons (Fsp3) is 0.286. The number of benzene rings is 1. The summed E-state index contributed by atoms with van der Waals surface area (Å²) in [5, 5.41) is 6.99. The van der Waals surface area contributed by atoms with E-state index in [1.807, 2.05) is 0 Å². The monoisotopic (exact) mass is 274 g/mol. The molecule has 0 atom stereocenters. The quantitative estimate of drug-likeness (QED) is 0.822. The van der Waals surface area contributed by atoms with Gasteiger partial charge in [0.2, 0.25) is 0 Å². The molecule has 106 valence electrons. The van der Waals surface area contributed by atoms with Crippen LogP contribution in [0.5, 0.6) is 5.75 Å². The van der Waals surface area contributed by atoms with Crippen LogP contribution in [0.1, 0.15) is 21.6 Å². The zero-order valence-electron chi connectivity index (χ0n) is 11.8. The van der Waals surface area contributed by atoms with Gasteiger partial charge in [0.1, 0.15) is 5.75 Å². The number of methoxy groups -OCH3 is 1. The molecule has 3 N–H and O–H groups in total. The van der Waals surface area contributed by atoms with Gasteiger partial charge in [0.05, 0.1) is 18.4 Å². The molecule has 0 aliphatic rings. The number of aryl methyl sites for hydroxylation is 2. The first-order valence-electron chi connectivity index (χ1n) is 6.22. The third kappa shape index (κ3) is 2.90. The second kappa shape index (κ2) is 5.64. The Bertz CT molecular complexity index is 634. The largest absolute Gasteiger partial charge is 0.496 e. The molecular formula is C14H18N4O2. The van der Waals surface area contributed by atoms with Gasteiger partial charge in [-0.05, 0) is 25.1 Å². The van der Waals surface area contributed by atoms with Crippen molar-refractivity contribution in [1.82, 2.24) is 15.1 Å². The highest BCUT2D eigenvalue weighted by molar-refractivity contribution is 5.95. The van der Waals surface area contributed by atoms with E-state index in [2.05, 4.69) is 10.4 Å². The van der Waals surface area contributed by atoms with Crippen molar-refractivity contribution >= 4 is 11.6 Å². The number of rotatable bonds is 4. The number of anilines is 1. The molecule has 6 heteroatoms. The average Bonchev–Trinajstić information content (AvgIpc) is 2.75. The second-order valence-corrected chi connectivity index (χ2v) is 4.56. The third-order valence-electron chi connectivity index (χ3n) is 3.00. The number of carbonyl (C=O) groups excluding carboxylic acids is 1. The Morgan fingerprint density at radius 1 is 1.50 bits per heavy atom. The van der Waals surface area contributed by atoms with Crippen molar-refractivity contribution < 1.29 is 9.53 Å². The van der Waals surface area contributed by atoms with Gasteiger partial charge >= 0.3 is 0 Å². The Labute approximate surface area is 117 Å². The van der Waals surface area contributed by atoms with Crippen LogP contribution in [0.25, 0.3) is 0 Å². The second-order valence-electron chi connectivity index (χ2n) is 4.56. The number of nitrogens with zero attached hydrogens (tertiary/aromatic N) is 2. The summed E-state index contributed by atoms with van der Waals surface area (Å²) < 4.78 is 6.86. The van der Waals surface area contributed by atoms with Crippen LogP contribution in [-0.2, 0) is 13.6 Å². The van der Waals surface area contributed by atoms with Crippen LogP contribution in [0.3, 0.4) is 0 Å². The molecular weight excluding hydrogens is 256 g/mol. The molecule has 1 aromatic heterocycles. The summed E-state index contributed by atoms with van der Waals surface area (Å²) in [6.07, 6.45) is 1.70. The van der Waals surface area contributed by atoms with Gasteiger partial charge in [0.15, 0.2) is 0 Å². The lowest BCUT2D eigenvalue weighted by Gasteiger charge is -2.10. The smallest absolute Gasteiger partial charge is 0.255 e. The molecule has 1 heterocycles. The number of hydrogen-bond donors (Lipinski definition) is 2. The van der Waals surface area contributed by atoms with Gasteiger partial charge in [-0.15, -0.1) is 0 Å². The van der Waals surface area contributed by atoms with Crippen molar-refractivity contribution in [3.63, 3.8) is 0 Å². The van der Waals surface area contributed by atoms with Crippen molar-refractivity contribution in [3.05, 3.63) is 41.2 Å². The van der Waals surface area contributed by atoms with E-state index in [9.17, 15) is 4.79 Å². The lowest BCUT2D eigenvalue weighted by molar-refractivity contribution is 0.0950. The minimum atomic E-state index is -0.167. The summed E-state index contributed by atoms with van der Waals surface area (Å²) in [5.74, 6) is 0.530. The summed E-state index contributed by atoms with van der Waals surface area (Å²) in [6.45, 7) is 2.15. The molecule has 6 nitrogen and oxygen atoms in total. The number of amides is 1. The van der Waals surface area contributed by atoms with Gasteiger partial charge in [-0.2, -0.15) is 5.10 Å². The average molecular weight is 274 g/mol. The maximum Gasteiger partial charge on any atom is 0.255 e. The number of nitrogens with one attached hydrogen (secondary N) is 1. The van der Waals surface area contributed by atoms with Gasteiger partial charge in [0.25, 0.3) is 5.91 Å². The molecule has 0 aliphatic heterocycles. The predicted molar refractivity (Wildman–Crippen MR) is 76.5 cm³/mol. The van der Waals surface area contributed by atoms with E-state index in [0.717, 1.165) is 5.56 Å². The zero-order valence-corrected chi connectivity index (χ0v) is 11.8. The van der Waals surface area contributed by atoms with Crippen LogP contribution >= 0.6 is 0 Å². The van der Waals surface area contributed by atoms with E-state index in [0.29, 0.717) is 29.2 Å². The number of nitrogen functional groups attached to an aromatic ring is 1. The predicted octanol–water partition coefficient (Wildman–Crippen LogP) is 1.25. The molecule has 20 heavy (non-hydrogen) atoms. The highest BCUT2D eigenvalue weighted by Gasteiger charge is 2.13. The molecule has 0 radical (unpaired) electrons. The number of hydrogen-bond acceptors (Lipinski definition) is 4. The van der Waals surface area contributed by atoms with Crippen LogP contribution in [0.15, 0.2) is 24.4 Å². The first-order chi connectivity index (χ1) is 9.51. The first-order valence-corrected chi connectivity index (χ1v) is 6.22. The topological polar surface area (TPSA) is 82.2 Å². The SMILES string of the molecule is COc1ccc(N)cc1CNC(=O)c1cn(C)nc1C. The van der Waals surface area contributed by atoms with Crippen molar-refractivity contribution in [1.29, 1.82) is 0 Å². The van der Waals surface area contributed by atoms with Gasteiger partial charge < -0.3 is 15.8 Å². The fourth-order valence-corrected chi connectivity index (χ4v) is 2.03. The molecule has 0 fully saturated rings. The van der Waals surface area contributed by atoms with E-state index < -0.39 is 0 Å². The summed E-state index contributed by atoms with van der Waals surface area (Å²) in [5.41, 5.74) is 8.48. The van der Waals surface area contributed by atoms with Gasteiger partial charge in [-0.1, -0.05) is 0 Å². The Balaban J connectivity index is 2.11. The number of aromatic nitrogens is 2. The first kappa shape index (κ1) is 13.9. The Morgan fingerprint density at radius 2 is 2.25 bits per heavy atom. The normalized spacial score (nSPS) is 10.3. The van der Waals surface area contributed by atoms with Crippen LogP contribution < -0.4 is 15.8 Å². The van der Waals surface area contributed by atoms with Crippen molar-refractivity contribution in [2.24, 2.45) is 7.05 Å². The lowest BCUT2D eigenvalue weighted by Crippen LogP contribution is -2.23. The maximum atomic E-state index is 12.1. The molecule has 2 rings (SSSR count). The van der Waals surface area contributed by atoms with Crippen molar-refractivity contribution in [2.75, 3.05) is 12.8 Å². The highest BCUT2D eigenvalue weighted by Crippen LogP contribution is 2.20. The molecule has 0 bridgehead atoms. The minimum Gasteiger partial charge on any atom is -0.496 e. The van der Waals surface area contributed by atoms with E-state index >= 15 is 0 Å². The summed E-state index contributed by atoms with van der Waals surface area (Å²) in [6, 6.07) is 5.33. The number of ether oxygens (including phenoxy) is 1. The van der Waals surface area contributed by atoms with Crippen molar-refractivity contribution in [3.8, 4) is 5.75 Å². The van der Waals surface area contributed by atoms with Gasteiger partial charge in [-0.3, -0.25) is 9.48 Å². The molecule has 2 aromatic rings. The van der Waals surface area contributed by atoms with Gasteiger partial charge in [0, 0.05) is 31.0 Å². The third-order valence-corrected chi connectivity index (χ3v) is 3.00. The standard InChI is InChI=1S/C14H18N4O2/c1-9-12(8-18(2)17-9)14(19)16-7-10-6-11(15)4-5-13(10)20-3/h4-6,8H,7,15H2,1-3H3,(H,16,19). The molecule has 0 spiro atoms. The van der Waals surface area contributed by atoms with Crippen molar-refractivity contribution in [2.45, 2.75) is 13.5 Å². The molecule has 1 aromatic carbocycles.